The second kappa shape index (κ2) is 8.65. The first-order valence-corrected chi connectivity index (χ1v) is 9.89. The van der Waals surface area contributed by atoms with Crippen LogP contribution < -0.4 is 0 Å². The Bertz CT molecular complexity index is 524. The van der Waals surface area contributed by atoms with Crippen LogP contribution in [0.5, 0.6) is 0 Å². The van der Waals surface area contributed by atoms with Gasteiger partial charge in [-0.15, -0.1) is 0 Å². The molecule has 1 fully saturated rings. The predicted molar refractivity (Wildman–Crippen MR) is 88.8 cm³/mol. The molecule has 1 atom stereocenters. The van der Waals surface area contributed by atoms with Crippen molar-refractivity contribution >= 4 is 9.84 Å². The Balaban J connectivity index is 1.90. The molecule has 1 aromatic carbocycles. The molecule has 0 spiro atoms. The van der Waals surface area contributed by atoms with Gasteiger partial charge in [-0.1, -0.05) is 25.1 Å². The zero-order valence-electron chi connectivity index (χ0n) is 13.4. The van der Waals surface area contributed by atoms with E-state index in [0.29, 0.717) is 11.4 Å². The highest BCUT2D eigenvalue weighted by Gasteiger charge is 2.20. The molecular weight excluding hydrogens is 298 g/mol. The fourth-order valence-corrected chi connectivity index (χ4v) is 4.15. The SMILES string of the molecule is CCCN(CCS(=O)(=O)c1ccccc1)CC1CCCCO1. The Morgan fingerprint density at radius 2 is 1.95 bits per heavy atom. The normalized spacial score (nSPS) is 19.5. The summed E-state index contributed by atoms with van der Waals surface area (Å²) in [5, 5.41) is 0. The van der Waals surface area contributed by atoms with Gasteiger partial charge in [-0.05, 0) is 44.4 Å². The zero-order chi connectivity index (χ0) is 15.8. The number of hydrogen-bond donors (Lipinski definition) is 0. The van der Waals surface area contributed by atoms with Gasteiger partial charge in [0, 0.05) is 19.7 Å². The topological polar surface area (TPSA) is 46.6 Å². The lowest BCUT2D eigenvalue weighted by molar-refractivity contribution is -0.00468. The van der Waals surface area contributed by atoms with E-state index in [2.05, 4.69) is 11.8 Å². The molecular formula is C17H27NO3S. The van der Waals surface area contributed by atoms with E-state index in [-0.39, 0.29) is 11.9 Å². The van der Waals surface area contributed by atoms with Gasteiger partial charge >= 0.3 is 0 Å². The standard InChI is InChI=1S/C17H27NO3S/c1-2-11-18(15-16-8-6-7-13-21-16)12-14-22(19,20)17-9-4-3-5-10-17/h3-5,9-10,16H,2,6-8,11-15H2,1H3. The average Bonchev–Trinajstić information content (AvgIpc) is 2.55. The number of benzene rings is 1. The van der Waals surface area contributed by atoms with Gasteiger partial charge in [0.1, 0.15) is 0 Å². The van der Waals surface area contributed by atoms with Crippen LogP contribution in [0.1, 0.15) is 32.6 Å². The van der Waals surface area contributed by atoms with Crippen molar-refractivity contribution in [2.24, 2.45) is 0 Å². The van der Waals surface area contributed by atoms with Crippen LogP contribution >= 0.6 is 0 Å². The van der Waals surface area contributed by atoms with Gasteiger partial charge in [0.15, 0.2) is 9.84 Å². The molecule has 0 bridgehead atoms. The molecule has 0 aliphatic carbocycles. The third-order valence-corrected chi connectivity index (χ3v) is 5.76. The van der Waals surface area contributed by atoms with Crippen LogP contribution in [0.2, 0.25) is 0 Å². The Morgan fingerprint density at radius 3 is 2.59 bits per heavy atom. The van der Waals surface area contributed by atoms with Crippen LogP contribution in [0.4, 0.5) is 0 Å². The molecule has 2 rings (SSSR count). The Labute approximate surface area is 134 Å². The number of hydrogen-bond acceptors (Lipinski definition) is 4. The van der Waals surface area contributed by atoms with Crippen LogP contribution in [-0.4, -0.2) is 51.4 Å². The van der Waals surface area contributed by atoms with Crippen molar-refractivity contribution < 1.29 is 13.2 Å². The predicted octanol–water partition coefficient (Wildman–Crippen LogP) is 2.74. The molecule has 0 N–H and O–H groups in total. The average molecular weight is 325 g/mol. The molecule has 1 unspecified atom stereocenters. The first-order valence-electron chi connectivity index (χ1n) is 8.23. The molecule has 1 aromatic rings. The summed E-state index contributed by atoms with van der Waals surface area (Å²) in [6.45, 7) is 5.31. The second-order valence-electron chi connectivity index (χ2n) is 5.92. The van der Waals surface area contributed by atoms with E-state index in [0.717, 1.165) is 39.0 Å². The summed E-state index contributed by atoms with van der Waals surface area (Å²) in [4.78, 5) is 2.65. The molecule has 0 aromatic heterocycles. The van der Waals surface area contributed by atoms with Crippen molar-refractivity contribution in [2.75, 3.05) is 32.0 Å². The molecule has 0 radical (unpaired) electrons. The minimum absolute atomic E-state index is 0.170. The number of nitrogens with zero attached hydrogens (tertiary/aromatic N) is 1. The molecule has 1 aliphatic rings. The third kappa shape index (κ3) is 5.38. The first kappa shape index (κ1) is 17.4. The van der Waals surface area contributed by atoms with E-state index in [4.69, 9.17) is 4.74 Å². The minimum atomic E-state index is -3.20. The van der Waals surface area contributed by atoms with Crippen molar-refractivity contribution in [2.45, 2.75) is 43.6 Å². The van der Waals surface area contributed by atoms with Crippen LogP contribution in [0, 0.1) is 0 Å². The molecule has 1 aliphatic heterocycles. The quantitative estimate of drug-likeness (QED) is 0.737. The number of ether oxygens (including phenoxy) is 1. The molecule has 4 nitrogen and oxygen atoms in total. The van der Waals surface area contributed by atoms with E-state index in [1.807, 2.05) is 6.07 Å². The maximum atomic E-state index is 12.4. The lowest BCUT2D eigenvalue weighted by Crippen LogP contribution is -2.38. The Kier molecular flexibility index (Phi) is 6.86. The minimum Gasteiger partial charge on any atom is -0.377 e. The summed E-state index contributed by atoms with van der Waals surface area (Å²) in [5.41, 5.74) is 0. The third-order valence-electron chi connectivity index (χ3n) is 4.05. The maximum absolute atomic E-state index is 12.4. The molecule has 5 heteroatoms. The fraction of sp³-hybridized carbons (Fsp3) is 0.647. The van der Waals surface area contributed by atoms with Crippen LogP contribution in [-0.2, 0) is 14.6 Å². The van der Waals surface area contributed by atoms with E-state index < -0.39 is 9.84 Å². The van der Waals surface area contributed by atoms with Crippen molar-refractivity contribution in [3.8, 4) is 0 Å². The van der Waals surface area contributed by atoms with Crippen LogP contribution in [0.15, 0.2) is 35.2 Å². The van der Waals surface area contributed by atoms with E-state index >= 15 is 0 Å². The van der Waals surface area contributed by atoms with E-state index in [1.54, 1.807) is 24.3 Å². The van der Waals surface area contributed by atoms with Crippen molar-refractivity contribution in [3.05, 3.63) is 30.3 Å². The Morgan fingerprint density at radius 1 is 1.18 bits per heavy atom. The van der Waals surface area contributed by atoms with Crippen molar-refractivity contribution in [1.82, 2.24) is 4.90 Å². The van der Waals surface area contributed by atoms with Gasteiger partial charge in [0.05, 0.1) is 16.8 Å². The summed E-state index contributed by atoms with van der Waals surface area (Å²) in [7, 11) is -3.20. The maximum Gasteiger partial charge on any atom is 0.179 e. The highest BCUT2D eigenvalue weighted by molar-refractivity contribution is 7.91. The lowest BCUT2D eigenvalue weighted by Gasteiger charge is -2.29. The summed E-state index contributed by atoms with van der Waals surface area (Å²) >= 11 is 0. The lowest BCUT2D eigenvalue weighted by atomic mass is 10.1. The molecule has 0 amide bonds. The first-order chi connectivity index (χ1) is 10.6. The monoisotopic (exact) mass is 325 g/mol. The Hall–Kier alpha value is -0.910. The highest BCUT2D eigenvalue weighted by Crippen LogP contribution is 2.15. The second-order valence-corrected chi connectivity index (χ2v) is 8.03. The zero-order valence-corrected chi connectivity index (χ0v) is 14.2. The van der Waals surface area contributed by atoms with Crippen LogP contribution in [0.3, 0.4) is 0 Å². The molecule has 1 saturated heterocycles. The molecule has 0 saturated carbocycles. The van der Waals surface area contributed by atoms with E-state index in [9.17, 15) is 8.42 Å². The summed E-state index contributed by atoms with van der Waals surface area (Å²) in [6.07, 6.45) is 4.74. The fourth-order valence-electron chi connectivity index (χ4n) is 2.84. The summed E-state index contributed by atoms with van der Waals surface area (Å²) in [6, 6.07) is 8.72. The van der Waals surface area contributed by atoms with E-state index in [1.165, 1.54) is 6.42 Å². The van der Waals surface area contributed by atoms with Gasteiger partial charge in [-0.25, -0.2) is 8.42 Å². The van der Waals surface area contributed by atoms with Crippen molar-refractivity contribution in [1.29, 1.82) is 0 Å². The number of sulfone groups is 1. The number of rotatable bonds is 8. The van der Waals surface area contributed by atoms with Gasteiger partial charge in [-0.3, -0.25) is 4.90 Å². The summed E-state index contributed by atoms with van der Waals surface area (Å²) in [5.74, 6) is 0.170. The molecule has 22 heavy (non-hydrogen) atoms. The largest absolute Gasteiger partial charge is 0.377 e. The van der Waals surface area contributed by atoms with Gasteiger partial charge in [0.25, 0.3) is 0 Å². The highest BCUT2D eigenvalue weighted by atomic mass is 32.2. The van der Waals surface area contributed by atoms with Gasteiger partial charge < -0.3 is 4.74 Å². The smallest absolute Gasteiger partial charge is 0.179 e. The van der Waals surface area contributed by atoms with Crippen molar-refractivity contribution in [3.63, 3.8) is 0 Å². The molecule has 1 heterocycles. The van der Waals surface area contributed by atoms with Gasteiger partial charge in [0.2, 0.25) is 0 Å². The van der Waals surface area contributed by atoms with Crippen LogP contribution in [0.25, 0.3) is 0 Å². The van der Waals surface area contributed by atoms with Gasteiger partial charge in [-0.2, -0.15) is 0 Å². The molecule has 124 valence electrons. The summed E-state index contributed by atoms with van der Waals surface area (Å²) < 4.78 is 30.5.